The quantitative estimate of drug-likeness (QED) is 0.877. The molecule has 0 saturated carbocycles. The van der Waals surface area contributed by atoms with Crippen LogP contribution in [0.3, 0.4) is 0 Å². The van der Waals surface area contributed by atoms with Crippen LogP contribution >= 0.6 is 0 Å². The van der Waals surface area contributed by atoms with Crippen molar-refractivity contribution >= 4 is 0 Å². The van der Waals surface area contributed by atoms with Gasteiger partial charge in [0.1, 0.15) is 6.26 Å². The van der Waals surface area contributed by atoms with Gasteiger partial charge in [0, 0.05) is 37.0 Å². The second-order valence-electron chi connectivity index (χ2n) is 4.30. The molecule has 0 radical (unpaired) electrons. The summed E-state index contributed by atoms with van der Waals surface area (Å²) in [7, 11) is 1.97. The van der Waals surface area contributed by atoms with Gasteiger partial charge in [0.2, 0.25) is 0 Å². The number of aromatic nitrogens is 3. The predicted octanol–water partition coefficient (Wildman–Crippen LogP) is 1.88. The SMILES string of the molecule is Cc1nn(C)c(C)c1C(C)NCc1ccon1. The fourth-order valence-corrected chi connectivity index (χ4v) is 2.11. The van der Waals surface area contributed by atoms with E-state index in [9.17, 15) is 0 Å². The van der Waals surface area contributed by atoms with Crippen LogP contribution in [0.1, 0.15) is 35.6 Å². The molecule has 0 aliphatic rings. The Labute approximate surface area is 101 Å². The van der Waals surface area contributed by atoms with Crippen molar-refractivity contribution in [3.63, 3.8) is 0 Å². The van der Waals surface area contributed by atoms with E-state index in [1.54, 1.807) is 6.26 Å². The van der Waals surface area contributed by atoms with Crippen LogP contribution in [0.25, 0.3) is 0 Å². The summed E-state index contributed by atoms with van der Waals surface area (Å²) in [5.41, 5.74) is 4.44. The van der Waals surface area contributed by atoms with Crippen LogP contribution < -0.4 is 5.32 Å². The third-order valence-electron chi connectivity index (χ3n) is 3.08. The zero-order chi connectivity index (χ0) is 12.4. The van der Waals surface area contributed by atoms with Gasteiger partial charge < -0.3 is 9.84 Å². The molecule has 5 nitrogen and oxygen atoms in total. The van der Waals surface area contributed by atoms with E-state index in [0.717, 1.165) is 11.4 Å². The molecule has 0 bridgehead atoms. The van der Waals surface area contributed by atoms with E-state index in [1.807, 2.05) is 24.7 Å². The number of aryl methyl sites for hydroxylation is 2. The molecule has 2 aromatic rings. The maximum atomic E-state index is 4.80. The van der Waals surface area contributed by atoms with Crippen molar-refractivity contribution in [1.29, 1.82) is 0 Å². The van der Waals surface area contributed by atoms with E-state index in [2.05, 4.69) is 29.4 Å². The fourth-order valence-electron chi connectivity index (χ4n) is 2.11. The fraction of sp³-hybridized carbons (Fsp3) is 0.500. The molecule has 2 aromatic heterocycles. The molecule has 0 aliphatic carbocycles. The predicted molar refractivity (Wildman–Crippen MR) is 64.4 cm³/mol. The third kappa shape index (κ3) is 2.39. The number of nitrogens with zero attached hydrogens (tertiary/aromatic N) is 3. The topological polar surface area (TPSA) is 55.9 Å². The normalized spacial score (nSPS) is 12.9. The van der Waals surface area contributed by atoms with E-state index < -0.39 is 0 Å². The highest BCUT2D eigenvalue weighted by atomic mass is 16.5. The van der Waals surface area contributed by atoms with Crippen LogP contribution in [-0.4, -0.2) is 14.9 Å². The average Bonchev–Trinajstić information content (AvgIpc) is 2.86. The Bertz CT molecular complexity index is 487. The van der Waals surface area contributed by atoms with Crippen molar-refractivity contribution in [2.24, 2.45) is 7.05 Å². The standard InChI is InChI=1S/C12H18N4O/c1-8(13-7-11-5-6-17-15-11)12-9(2)14-16(4)10(12)3/h5-6,8,13H,7H2,1-4H3. The lowest BCUT2D eigenvalue weighted by atomic mass is 10.1. The summed E-state index contributed by atoms with van der Waals surface area (Å²) >= 11 is 0. The lowest BCUT2D eigenvalue weighted by molar-refractivity contribution is 0.406. The highest BCUT2D eigenvalue weighted by Crippen LogP contribution is 2.20. The van der Waals surface area contributed by atoms with E-state index in [4.69, 9.17) is 4.52 Å². The molecule has 5 heteroatoms. The van der Waals surface area contributed by atoms with E-state index >= 15 is 0 Å². The first-order valence-corrected chi connectivity index (χ1v) is 5.72. The Morgan fingerprint density at radius 3 is 2.76 bits per heavy atom. The maximum Gasteiger partial charge on any atom is 0.124 e. The summed E-state index contributed by atoms with van der Waals surface area (Å²) in [6.07, 6.45) is 1.59. The summed E-state index contributed by atoms with van der Waals surface area (Å²) < 4.78 is 6.71. The molecule has 1 N–H and O–H groups in total. The summed E-state index contributed by atoms with van der Waals surface area (Å²) in [5, 5.41) is 11.7. The minimum Gasteiger partial charge on any atom is -0.364 e. The minimum atomic E-state index is 0.250. The van der Waals surface area contributed by atoms with Crippen molar-refractivity contribution in [3.05, 3.63) is 35.0 Å². The average molecular weight is 234 g/mol. The van der Waals surface area contributed by atoms with Crippen molar-refractivity contribution in [3.8, 4) is 0 Å². The first kappa shape index (κ1) is 11.9. The summed E-state index contributed by atoms with van der Waals surface area (Å²) in [4.78, 5) is 0. The molecule has 0 amide bonds. The molecule has 0 aromatic carbocycles. The molecular weight excluding hydrogens is 216 g/mol. The monoisotopic (exact) mass is 234 g/mol. The molecule has 0 saturated heterocycles. The highest BCUT2D eigenvalue weighted by Gasteiger charge is 2.15. The molecule has 1 atom stereocenters. The number of rotatable bonds is 4. The molecule has 17 heavy (non-hydrogen) atoms. The van der Waals surface area contributed by atoms with Gasteiger partial charge in [-0.2, -0.15) is 5.10 Å². The number of hydrogen-bond acceptors (Lipinski definition) is 4. The molecule has 1 unspecified atom stereocenters. The Balaban J connectivity index is 2.07. The van der Waals surface area contributed by atoms with Crippen LogP contribution in [0.4, 0.5) is 0 Å². The third-order valence-corrected chi connectivity index (χ3v) is 3.08. The largest absolute Gasteiger partial charge is 0.364 e. The molecule has 0 fully saturated rings. The number of nitrogens with one attached hydrogen (secondary N) is 1. The van der Waals surface area contributed by atoms with Crippen molar-refractivity contribution in [2.45, 2.75) is 33.4 Å². The van der Waals surface area contributed by atoms with E-state index in [-0.39, 0.29) is 6.04 Å². The van der Waals surface area contributed by atoms with Gasteiger partial charge in [-0.25, -0.2) is 0 Å². The van der Waals surface area contributed by atoms with Crippen LogP contribution in [0.2, 0.25) is 0 Å². The summed E-state index contributed by atoms with van der Waals surface area (Å²) in [5.74, 6) is 0. The maximum absolute atomic E-state index is 4.80. The minimum absolute atomic E-state index is 0.250. The molecule has 92 valence electrons. The van der Waals surface area contributed by atoms with Gasteiger partial charge in [-0.3, -0.25) is 4.68 Å². The van der Waals surface area contributed by atoms with Gasteiger partial charge >= 0.3 is 0 Å². The molecular formula is C12H18N4O. The van der Waals surface area contributed by atoms with Gasteiger partial charge in [-0.15, -0.1) is 0 Å². The van der Waals surface area contributed by atoms with Gasteiger partial charge in [-0.1, -0.05) is 5.16 Å². The van der Waals surface area contributed by atoms with Crippen molar-refractivity contribution in [1.82, 2.24) is 20.3 Å². The smallest absolute Gasteiger partial charge is 0.124 e. The summed E-state index contributed by atoms with van der Waals surface area (Å²) in [6.45, 7) is 6.96. The van der Waals surface area contributed by atoms with E-state index in [1.165, 1.54) is 11.3 Å². The van der Waals surface area contributed by atoms with Gasteiger partial charge in [0.15, 0.2) is 0 Å². The Hall–Kier alpha value is -1.62. The first-order valence-electron chi connectivity index (χ1n) is 5.72. The first-order chi connectivity index (χ1) is 8.09. The Kier molecular flexibility index (Phi) is 3.28. The number of hydrogen-bond donors (Lipinski definition) is 1. The lowest BCUT2D eigenvalue weighted by Gasteiger charge is -2.13. The zero-order valence-electron chi connectivity index (χ0n) is 10.7. The highest BCUT2D eigenvalue weighted by molar-refractivity contribution is 5.27. The molecule has 2 heterocycles. The zero-order valence-corrected chi connectivity index (χ0v) is 10.7. The van der Waals surface area contributed by atoms with Gasteiger partial charge in [0.25, 0.3) is 0 Å². The molecule has 0 aliphatic heterocycles. The van der Waals surface area contributed by atoms with Crippen LogP contribution in [0.15, 0.2) is 16.9 Å². The van der Waals surface area contributed by atoms with Crippen molar-refractivity contribution in [2.75, 3.05) is 0 Å². The molecule has 0 spiro atoms. The van der Waals surface area contributed by atoms with Crippen molar-refractivity contribution < 1.29 is 4.52 Å². The lowest BCUT2D eigenvalue weighted by Crippen LogP contribution is -2.19. The second-order valence-corrected chi connectivity index (χ2v) is 4.30. The van der Waals surface area contributed by atoms with Crippen LogP contribution in [0.5, 0.6) is 0 Å². The van der Waals surface area contributed by atoms with E-state index in [0.29, 0.717) is 6.54 Å². The molecule has 2 rings (SSSR count). The summed E-state index contributed by atoms with van der Waals surface area (Å²) in [6, 6.07) is 2.11. The Morgan fingerprint density at radius 2 is 2.24 bits per heavy atom. The van der Waals surface area contributed by atoms with Gasteiger partial charge in [0.05, 0.1) is 11.4 Å². The second kappa shape index (κ2) is 4.71. The Morgan fingerprint density at radius 1 is 1.47 bits per heavy atom. The van der Waals surface area contributed by atoms with Crippen LogP contribution in [0, 0.1) is 13.8 Å². The van der Waals surface area contributed by atoms with Gasteiger partial charge in [-0.05, 0) is 20.8 Å². The van der Waals surface area contributed by atoms with Crippen LogP contribution in [-0.2, 0) is 13.6 Å².